The van der Waals surface area contributed by atoms with Crippen LogP contribution in [0.4, 0.5) is 0 Å². The lowest BCUT2D eigenvalue weighted by Crippen LogP contribution is -2.64. The van der Waals surface area contributed by atoms with Gasteiger partial charge in [-0.3, -0.25) is 4.79 Å². The molecule has 1 N–H and O–H groups in total. The maximum Gasteiger partial charge on any atom is 0.251 e. The third kappa shape index (κ3) is 2.81. The smallest absolute Gasteiger partial charge is 0.251 e. The topological polar surface area (TPSA) is 29.1 Å². The summed E-state index contributed by atoms with van der Waals surface area (Å²) in [4.78, 5) is 13.0. The number of nitrogens with one attached hydrogen (secondary N) is 1. The largest absolute Gasteiger partial charge is 0.347 e. The van der Waals surface area contributed by atoms with Crippen molar-refractivity contribution in [1.29, 1.82) is 0 Å². The highest BCUT2D eigenvalue weighted by Gasteiger charge is 2.58. The average molecular weight is 360 g/mol. The van der Waals surface area contributed by atoms with Gasteiger partial charge in [-0.1, -0.05) is 36.4 Å². The summed E-state index contributed by atoms with van der Waals surface area (Å²) >= 11 is 0. The molecule has 0 heterocycles. The van der Waals surface area contributed by atoms with Crippen LogP contribution in [0.2, 0.25) is 0 Å². The molecule has 0 spiro atoms. The van der Waals surface area contributed by atoms with Crippen molar-refractivity contribution in [3.63, 3.8) is 0 Å². The van der Waals surface area contributed by atoms with Crippen LogP contribution in [0, 0.1) is 25.7 Å². The Morgan fingerprint density at radius 3 is 2.30 bits per heavy atom. The summed E-state index contributed by atoms with van der Waals surface area (Å²) in [6.45, 7) is 4.42. The van der Waals surface area contributed by atoms with E-state index in [0.29, 0.717) is 0 Å². The van der Waals surface area contributed by atoms with Crippen LogP contribution in [-0.2, 0) is 5.41 Å². The first-order valence-electron chi connectivity index (χ1n) is 10.4. The fraction of sp³-hybridized carbons (Fsp3) is 0.480. The molecule has 4 aliphatic rings. The summed E-state index contributed by atoms with van der Waals surface area (Å²) in [5, 5.41) is 3.52. The van der Waals surface area contributed by atoms with Crippen LogP contribution in [0.5, 0.6) is 0 Å². The Hall–Kier alpha value is -2.09. The first-order chi connectivity index (χ1) is 13.0. The molecule has 4 atom stereocenters. The van der Waals surface area contributed by atoms with Crippen molar-refractivity contribution < 1.29 is 4.79 Å². The van der Waals surface area contributed by atoms with Crippen molar-refractivity contribution in [3.8, 4) is 0 Å². The number of benzene rings is 2. The molecule has 0 radical (unpaired) electrons. The molecule has 27 heavy (non-hydrogen) atoms. The van der Waals surface area contributed by atoms with Gasteiger partial charge < -0.3 is 5.32 Å². The molecule has 2 unspecified atom stereocenters. The molecular formula is C25H29NO. The van der Waals surface area contributed by atoms with Gasteiger partial charge in [0.25, 0.3) is 5.91 Å². The van der Waals surface area contributed by atoms with E-state index in [-0.39, 0.29) is 16.9 Å². The molecule has 2 aromatic carbocycles. The van der Waals surface area contributed by atoms with Gasteiger partial charge in [0, 0.05) is 11.1 Å². The second-order valence-electron chi connectivity index (χ2n) is 9.64. The third-order valence-electron chi connectivity index (χ3n) is 7.60. The van der Waals surface area contributed by atoms with Gasteiger partial charge in [-0.15, -0.1) is 0 Å². The molecule has 0 aromatic heterocycles. The predicted molar refractivity (Wildman–Crippen MR) is 109 cm³/mol. The second kappa shape index (κ2) is 5.95. The van der Waals surface area contributed by atoms with E-state index in [4.69, 9.17) is 0 Å². The minimum absolute atomic E-state index is 0.0181. The normalized spacial score (nSPS) is 33.9. The first-order valence-corrected chi connectivity index (χ1v) is 10.4. The SMILES string of the molecule is Cc1ccc(C23C[C@@H]4C[C@@H](CC(NC(=O)c5ccccc5)(C4)C2)C3)cc1C. The number of hydrogen-bond acceptors (Lipinski definition) is 1. The predicted octanol–water partition coefficient (Wildman–Crippen LogP) is 5.32. The van der Waals surface area contributed by atoms with Crippen LogP contribution in [0.1, 0.15) is 65.6 Å². The van der Waals surface area contributed by atoms with E-state index in [9.17, 15) is 4.79 Å². The minimum atomic E-state index is -0.0181. The van der Waals surface area contributed by atoms with Crippen molar-refractivity contribution in [2.75, 3.05) is 0 Å². The number of carbonyl (C=O) groups excluding carboxylic acids is 1. The summed E-state index contributed by atoms with van der Waals surface area (Å²) in [5.74, 6) is 1.61. The maximum atomic E-state index is 13.0. The summed E-state index contributed by atoms with van der Waals surface area (Å²) in [5.41, 5.74) is 5.30. The van der Waals surface area contributed by atoms with Crippen LogP contribution in [0.15, 0.2) is 48.5 Å². The zero-order valence-electron chi connectivity index (χ0n) is 16.4. The van der Waals surface area contributed by atoms with E-state index in [0.717, 1.165) is 36.7 Å². The van der Waals surface area contributed by atoms with Crippen LogP contribution in [0.3, 0.4) is 0 Å². The van der Waals surface area contributed by atoms with Gasteiger partial charge in [0.05, 0.1) is 0 Å². The summed E-state index contributed by atoms with van der Waals surface area (Å²) in [6, 6.07) is 16.8. The molecule has 6 rings (SSSR count). The summed E-state index contributed by atoms with van der Waals surface area (Å²) < 4.78 is 0. The van der Waals surface area contributed by atoms with Gasteiger partial charge >= 0.3 is 0 Å². The molecule has 0 saturated heterocycles. The monoisotopic (exact) mass is 359 g/mol. The van der Waals surface area contributed by atoms with Crippen LogP contribution in [0.25, 0.3) is 0 Å². The summed E-state index contributed by atoms with van der Waals surface area (Å²) in [6.07, 6.45) is 7.39. The van der Waals surface area contributed by atoms with E-state index in [1.165, 1.54) is 36.0 Å². The third-order valence-corrected chi connectivity index (χ3v) is 7.60. The first kappa shape index (κ1) is 17.0. The Kier molecular flexibility index (Phi) is 3.76. The molecule has 0 aliphatic heterocycles. The number of aryl methyl sites for hydroxylation is 2. The Balaban J connectivity index is 1.48. The lowest BCUT2D eigenvalue weighted by molar-refractivity contribution is -0.0371. The number of rotatable bonds is 3. The number of amides is 1. The highest BCUT2D eigenvalue weighted by molar-refractivity contribution is 5.94. The van der Waals surface area contributed by atoms with Gasteiger partial charge in [-0.2, -0.15) is 0 Å². The molecule has 2 aromatic rings. The lowest BCUT2D eigenvalue weighted by Gasteiger charge is -2.62. The standard InChI is InChI=1S/C25H29NO/c1-17-8-9-22(10-18(17)2)24-12-19-11-20(13-24)15-25(14-19,16-24)26-23(27)21-6-4-3-5-7-21/h3-10,19-20H,11-16H2,1-2H3,(H,26,27)/t19-,20+,24?,25?. The van der Waals surface area contributed by atoms with Gasteiger partial charge in [-0.25, -0.2) is 0 Å². The van der Waals surface area contributed by atoms with Crippen molar-refractivity contribution in [1.82, 2.24) is 5.32 Å². The minimum Gasteiger partial charge on any atom is -0.347 e. The molecule has 4 bridgehead atoms. The van der Waals surface area contributed by atoms with Crippen LogP contribution < -0.4 is 5.32 Å². The Morgan fingerprint density at radius 1 is 0.926 bits per heavy atom. The number of hydrogen-bond donors (Lipinski definition) is 1. The van der Waals surface area contributed by atoms with Gasteiger partial charge in [0.2, 0.25) is 0 Å². The Bertz CT molecular complexity index is 870. The zero-order valence-corrected chi connectivity index (χ0v) is 16.4. The fourth-order valence-electron chi connectivity index (χ4n) is 6.72. The van der Waals surface area contributed by atoms with Crippen molar-refractivity contribution in [3.05, 3.63) is 70.8 Å². The molecule has 1 amide bonds. The van der Waals surface area contributed by atoms with E-state index in [1.54, 1.807) is 0 Å². The number of carbonyl (C=O) groups is 1. The maximum absolute atomic E-state index is 13.0. The molecule has 2 nitrogen and oxygen atoms in total. The molecular weight excluding hydrogens is 330 g/mol. The Morgan fingerprint density at radius 2 is 1.63 bits per heavy atom. The second-order valence-corrected chi connectivity index (χ2v) is 9.64. The van der Waals surface area contributed by atoms with E-state index in [2.05, 4.69) is 37.4 Å². The van der Waals surface area contributed by atoms with Gasteiger partial charge in [0.15, 0.2) is 0 Å². The van der Waals surface area contributed by atoms with Crippen molar-refractivity contribution in [2.45, 2.75) is 63.3 Å². The van der Waals surface area contributed by atoms with Crippen LogP contribution >= 0.6 is 0 Å². The quantitative estimate of drug-likeness (QED) is 0.789. The van der Waals surface area contributed by atoms with E-state index >= 15 is 0 Å². The molecule has 2 heteroatoms. The lowest BCUT2D eigenvalue weighted by atomic mass is 9.45. The fourth-order valence-corrected chi connectivity index (χ4v) is 6.72. The molecule has 4 fully saturated rings. The van der Waals surface area contributed by atoms with E-state index in [1.807, 2.05) is 30.3 Å². The highest BCUT2D eigenvalue weighted by Crippen LogP contribution is 2.62. The van der Waals surface area contributed by atoms with E-state index < -0.39 is 0 Å². The zero-order chi connectivity index (χ0) is 18.6. The highest BCUT2D eigenvalue weighted by atomic mass is 16.1. The molecule has 140 valence electrons. The molecule has 4 aliphatic carbocycles. The van der Waals surface area contributed by atoms with Crippen molar-refractivity contribution in [2.24, 2.45) is 11.8 Å². The average Bonchev–Trinajstić information content (AvgIpc) is 2.63. The van der Waals surface area contributed by atoms with Gasteiger partial charge in [-0.05, 0) is 98.4 Å². The van der Waals surface area contributed by atoms with Crippen molar-refractivity contribution >= 4 is 5.91 Å². The molecule has 4 saturated carbocycles. The van der Waals surface area contributed by atoms with Gasteiger partial charge in [0.1, 0.15) is 0 Å². The summed E-state index contributed by atoms with van der Waals surface area (Å²) in [7, 11) is 0. The van der Waals surface area contributed by atoms with Crippen LogP contribution in [-0.4, -0.2) is 11.4 Å². The Labute approximate surface area is 162 Å².